The van der Waals surface area contributed by atoms with Crippen molar-refractivity contribution in [2.45, 2.75) is 20.0 Å². The van der Waals surface area contributed by atoms with Crippen LogP contribution in [0.2, 0.25) is 0 Å². The van der Waals surface area contributed by atoms with Gasteiger partial charge in [-0.15, -0.1) is 5.73 Å². The van der Waals surface area contributed by atoms with Crippen molar-refractivity contribution in [3.05, 3.63) is 82.6 Å². The Morgan fingerprint density at radius 3 is 2.22 bits per heavy atom. The van der Waals surface area contributed by atoms with Crippen molar-refractivity contribution >= 4 is 5.78 Å². The maximum absolute atomic E-state index is 12.3. The Labute approximate surface area is 136 Å². The molecule has 0 bridgehead atoms. The Kier molecular flexibility index (Phi) is 5.53. The Hall–Kier alpha value is -2.61. The Balaban J connectivity index is 2.26. The molecule has 0 aromatic heterocycles. The standard InChI is InChI=1S/C20H20O3/c1-14(19(21)16-7-5-4-6-8-16)13-15(2)20(22)17-9-11-18(23-3)12-10-17/h4-12,20,22H,1-3H3. The maximum atomic E-state index is 12.3. The highest BCUT2D eigenvalue weighted by Crippen LogP contribution is 2.23. The third kappa shape index (κ3) is 4.19. The van der Waals surface area contributed by atoms with Gasteiger partial charge in [0.1, 0.15) is 11.9 Å². The van der Waals surface area contributed by atoms with Crippen LogP contribution in [0.3, 0.4) is 0 Å². The quantitative estimate of drug-likeness (QED) is 0.514. The Bertz CT molecular complexity index is 736. The van der Waals surface area contributed by atoms with Crippen molar-refractivity contribution in [2.75, 3.05) is 7.11 Å². The highest BCUT2D eigenvalue weighted by molar-refractivity contribution is 6.08. The summed E-state index contributed by atoms with van der Waals surface area (Å²) < 4.78 is 5.10. The summed E-state index contributed by atoms with van der Waals surface area (Å²) in [6.45, 7) is 3.47. The second-order valence-corrected chi connectivity index (χ2v) is 5.30. The molecular formula is C20H20O3. The molecule has 3 nitrogen and oxygen atoms in total. The number of hydrogen-bond acceptors (Lipinski definition) is 3. The van der Waals surface area contributed by atoms with Crippen LogP contribution < -0.4 is 4.74 Å². The number of ketones is 1. The molecule has 0 fully saturated rings. The smallest absolute Gasteiger partial charge is 0.196 e. The number of rotatable bonds is 5. The lowest BCUT2D eigenvalue weighted by atomic mass is 10.0. The summed E-state index contributed by atoms with van der Waals surface area (Å²) in [7, 11) is 1.60. The van der Waals surface area contributed by atoms with E-state index in [2.05, 4.69) is 5.73 Å². The fraction of sp³-hybridized carbons (Fsp3) is 0.200. The van der Waals surface area contributed by atoms with Gasteiger partial charge >= 0.3 is 0 Å². The molecule has 0 heterocycles. The van der Waals surface area contributed by atoms with Crippen molar-refractivity contribution in [1.29, 1.82) is 0 Å². The molecule has 118 valence electrons. The maximum Gasteiger partial charge on any atom is 0.196 e. The first kappa shape index (κ1) is 16.8. The minimum absolute atomic E-state index is 0.0909. The lowest BCUT2D eigenvalue weighted by Gasteiger charge is -2.11. The van der Waals surface area contributed by atoms with Crippen LogP contribution in [-0.4, -0.2) is 18.0 Å². The monoisotopic (exact) mass is 308 g/mol. The van der Waals surface area contributed by atoms with E-state index in [1.54, 1.807) is 57.4 Å². The van der Waals surface area contributed by atoms with Crippen molar-refractivity contribution in [1.82, 2.24) is 0 Å². The highest BCUT2D eigenvalue weighted by Gasteiger charge is 2.11. The normalized spacial score (nSPS) is 11.3. The van der Waals surface area contributed by atoms with Crippen LogP contribution in [0, 0.1) is 0 Å². The predicted molar refractivity (Wildman–Crippen MR) is 90.6 cm³/mol. The van der Waals surface area contributed by atoms with Crippen LogP contribution in [-0.2, 0) is 0 Å². The molecule has 0 aliphatic rings. The molecule has 0 spiro atoms. The molecule has 2 aromatic carbocycles. The molecule has 0 aliphatic heterocycles. The SMILES string of the molecule is COc1ccc(C(O)C(C)=C=C(C)C(=O)c2ccccc2)cc1. The fourth-order valence-corrected chi connectivity index (χ4v) is 2.26. The van der Waals surface area contributed by atoms with Gasteiger partial charge in [0.2, 0.25) is 0 Å². The molecule has 0 radical (unpaired) electrons. The second kappa shape index (κ2) is 7.59. The number of Topliss-reactive ketones (excluding diaryl/α,β-unsaturated/α-hetero) is 1. The average Bonchev–Trinajstić information content (AvgIpc) is 2.61. The van der Waals surface area contributed by atoms with Gasteiger partial charge < -0.3 is 9.84 Å². The molecule has 3 heteroatoms. The van der Waals surface area contributed by atoms with Gasteiger partial charge in [0.15, 0.2) is 5.78 Å². The predicted octanol–water partition coefficient (Wildman–Crippen LogP) is 4.10. The molecule has 1 unspecified atom stereocenters. The van der Waals surface area contributed by atoms with Crippen LogP contribution in [0.1, 0.15) is 35.9 Å². The van der Waals surface area contributed by atoms with E-state index in [0.717, 1.165) is 11.3 Å². The number of benzene rings is 2. The summed E-state index contributed by atoms with van der Waals surface area (Å²) >= 11 is 0. The van der Waals surface area contributed by atoms with Gasteiger partial charge in [-0.25, -0.2) is 0 Å². The molecule has 0 amide bonds. The van der Waals surface area contributed by atoms with E-state index in [4.69, 9.17) is 4.74 Å². The lowest BCUT2D eigenvalue weighted by molar-refractivity contribution is 0.103. The molecule has 0 saturated carbocycles. The molecule has 1 N–H and O–H groups in total. The van der Waals surface area contributed by atoms with Gasteiger partial charge in [-0.2, -0.15) is 0 Å². The zero-order chi connectivity index (χ0) is 16.8. The summed E-state index contributed by atoms with van der Waals surface area (Å²) in [6, 6.07) is 16.2. The second-order valence-electron chi connectivity index (χ2n) is 5.30. The third-order valence-corrected chi connectivity index (χ3v) is 3.60. The van der Waals surface area contributed by atoms with Crippen LogP contribution in [0.15, 0.2) is 71.5 Å². The first-order valence-electron chi connectivity index (χ1n) is 7.38. The van der Waals surface area contributed by atoms with Gasteiger partial charge in [-0.05, 0) is 31.5 Å². The van der Waals surface area contributed by atoms with Gasteiger partial charge in [-0.1, -0.05) is 42.5 Å². The first-order chi connectivity index (χ1) is 11.0. The van der Waals surface area contributed by atoms with Gasteiger partial charge in [0.05, 0.1) is 7.11 Å². The van der Waals surface area contributed by atoms with E-state index in [-0.39, 0.29) is 5.78 Å². The molecule has 23 heavy (non-hydrogen) atoms. The van der Waals surface area contributed by atoms with Crippen LogP contribution in [0.5, 0.6) is 5.75 Å². The van der Waals surface area contributed by atoms with E-state index in [9.17, 15) is 9.90 Å². The van der Waals surface area contributed by atoms with Gasteiger partial charge in [0, 0.05) is 16.7 Å². The summed E-state index contributed by atoms with van der Waals surface area (Å²) in [5, 5.41) is 10.4. The van der Waals surface area contributed by atoms with Gasteiger partial charge in [0.25, 0.3) is 0 Å². The van der Waals surface area contributed by atoms with Crippen molar-refractivity contribution in [3.63, 3.8) is 0 Å². The molecule has 2 rings (SSSR count). The highest BCUT2D eigenvalue weighted by atomic mass is 16.5. The average molecular weight is 308 g/mol. The Morgan fingerprint density at radius 1 is 1.04 bits per heavy atom. The first-order valence-corrected chi connectivity index (χ1v) is 7.38. The minimum atomic E-state index is -0.806. The van der Waals surface area contributed by atoms with Gasteiger partial charge in [-0.3, -0.25) is 4.79 Å². The Morgan fingerprint density at radius 2 is 1.65 bits per heavy atom. The van der Waals surface area contributed by atoms with E-state index < -0.39 is 6.10 Å². The number of methoxy groups -OCH3 is 1. The van der Waals surface area contributed by atoms with Crippen molar-refractivity contribution < 1.29 is 14.6 Å². The van der Waals surface area contributed by atoms with E-state index in [1.165, 1.54) is 0 Å². The fourth-order valence-electron chi connectivity index (χ4n) is 2.26. The van der Waals surface area contributed by atoms with Crippen LogP contribution in [0.25, 0.3) is 0 Å². The number of carbonyl (C=O) groups is 1. The number of carbonyl (C=O) groups excluding carboxylic acids is 1. The summed E-state index contributed by atoms with van der Waals surface area (Å²) in [6.07, 6.45) is -0.806. The molecular weight excluding hydrogens is 288 g/mol. The molecule has 0 aliphatic carbocycles. The minimum Gasteiger partial charge on any atom is -0.497 e. The molecule has 2 aromatic rings. The van der Waals surface area contributed by atoms with Crippen molar-refractivity contribution in [2.24, 2.45) is 0 Å². The number of hydrogen-bond donors (Lipinski definition) is 1. The summed E-state index contributed by atoms with van der Waals surface area (Å²) in [5.74, 6) is 0.639. The number of ether oxygens (including phenoxy) is 1. The largest absolute Gasteiger partial charge is 0.497 e. The molecule has 1 atom stereocenters. The lowest BCUT2D eigenvalue weighted by Crippen LogP contribution is -2.02. The zero-order valence-electron chi connectivity index (χ0n) is 13.5. The van der Waals surface area contributed by atoms with E-state index in [0.29, 0.717) is 16.7 Å². The van der Waals surface area contributed by atoms with Crippen molar-refractivity contribution in [3.8, 4) is 5.75 Å². The zero-order valence-corrected chi connectivity index (χ0v) is 13.5. The third-order valence-electron chi connectivity index (χ3n) is 3.60. The van der Waals surface area contributed by atoms with Crippen LogP contribution in [0.4, 0.5) is 0 Å². The topological polar surface area (TPSA) is 46.5 Å². The van der Waals surface area contributed by atoms with Crippen LogP contribution >= 0.6 is 0 Å². The number of aliphatic hydroxyl groups is 1. The van der Waals surface area contributed by atoms with E-state index >= 15 is 0 Å². The number of aliphatic hydroxyl groups excluding tert-OH is 1. The van der Waals surface area contributed by atoms with E-state index in [1.807, 2.05) is 18.2 Å². The summed E-state index contributed by atoms with van der Waals surface area (Å²) in [4.78, 5) is 12.3. The summed E-state index contributed by atoms with van der Waals surface area (Å²) in [5.41, 5.74) is 5.42. The molecule has 0 saturated heterocycles.